The number of piperidine rings is 1. The lowest BCUT2D eigenvalue weighted by atomic mass is 9.99. The maximum Gasteiger partial charge on any atom is 0.259 e. The molecule has 1 unspecified atom stereocenters. The topological polar surface area (TPSA) is 35.9 Å². The minimum absolute atomic E-state index is 0.0549. The van der Waals surface area contributed by atoms with Crippen LogP contribution >= 0.6 is 0 Å². The van der Waals surface area contributed by atoms with Crippen LogP contribution in [0.2, 0.25) is 0 Å². The predicted octanol–water partition coefficient (Wildman–Crippen LogP) is 4.01. The molecule has 0 aromatic heterocycles. The molecule has 2 aliphatic rings. The first-order valence-corrected chi connectivity index (χ1v) is 9.68. The number of guanidine groups is 1. The second-order valence-electron chi connectivity index (χ2n) is 7.57. The third-order valence-corrected chi connectivity index (χ3v) is 5.47. The van der Waals surface area contributed by atoms with E-state index in [1.165, 1.54) is 17.0 Å². The molecule has 2 aromatic carbocycles. The summed E-state index contributed by atoms with van der Waals surface area (Å²) < 4.78 is 27.9. The first-order chi connectivity index (χ1) is 13.5. The molecule has 2 aliphatic heterocycles. The van der Waals surface area contributed by atoms with Gasteiger partial charge >= 0.3 is 0 Å². The van der Waals surface area contributed by atoms with Crippen molar-refractivity contribution in [3.8, 4) is 0 Å². The van der Waals surface area contributed by atoms with Gasteiger partial charge in [0, 0.05) is 25.6 Å². The van der Waals surface area contributed by atoms with Gasteiger partial charge in [-0.05, 0) is 36.5 Å². The number of aliphatic imine (C=N–C) groups is 1. The van der Waals surface area contributed by atoms with Crippen molar-refractivity contribution in [3.05, 3.63) is 65.7 Å². The Morgan fingerprint density at radius 3 is 2.46 bits per heavy atom. The van der Waals surface area contributed by atoms with Crippen molar-refractivity contribution in [1.29, 1.82) is 0 Å². The Hall–Kier alpha value is -2.76. The van der Waals surface area contributed by atoms with Crippen LogP contribution in [-0.2, 0) is 11.2 Å². The molecule has 28 heavy (non-hydrogen) atoms. The van der Waals surface area contributed by atoms with E-state index in [1.54, 1.807) is 0 Å². The van der Waals surface area contributed by atoms with Gasteiger partial charge in [0.15, 0.2) is 0 Å². The third-order valence-electron chi connectivity index (χ3n) is 5.47. The highest BCUT2D eigenvalue weighted by Crippen LogP contribution is 2.29. The highest BCUT2D eigenvalue weighted by Gasteiger charge is 2.40. The number of carbonyl (C=O) groups is 1. The molecule has 4 nitrogen and oxygen atoms in total. The number of benzene rings is 2. The minimum atomic E-state index is -0.758. The van der Waals surface area contributed by atoms with Gasteiger partial charge in [-0.3, -0.25) is 4.79 Å². The van der Waals surface area contributed by atoms with Gasteiger partial charge in [-0.2, -0.15) is 0 Å². The zero-order valence-electron chi connectivity index (χ0n) is 15.8. The minimum Gasteiger partial charge on any atom is -0.342 e. The molecule has 0 N–H and O–H groups in total. The van der Waals surface area contributed by atoms with E-state index in [9.17, 15) is 13.6 Å². The van der Waals surface area contributed by atoms with Crippen molar-refractivity contribution in [1.82, 2.24) is 4.90 Å². The predicted molar refractivity (Wildman–Crippen MR) is 105 cm³/mol. The van der Waals surface area contributed by atoms with E-state index in [4.69, 9.17) is 4.99 Å². The monoisotopic (exact) mass is 383 g/mol. The summed E-state index contributed by atoms with van der Waals surface area (Å²) in [5.74, 6) is -0.609. The van der Waals surface area contributed by atoms with Gasteiger partial charge in [0.05, 0.1) is 5.69 Å². The molecular weight excluding hydrogens is 360 g/mol. The molecule has 0 bridgehead atoms. The van der Waals surface area contributed by atoms with E-state index >= 15 is 0 Å². The smallest absolute Gasteiger partial charge is 0.259 e. The van der Waals surface area contributed by atoms with Crippen molar-refractivity contribution in [2.45, 2.75) is 32.2 Å². The number of anilines is 1. The van der Waals surface area contributed by atoms with Crippen molar-refractivity contribution in [2.75, 3.05) is 18.0 Å². The fourth-order valence-corrected chi connectivity index (χ4v) is 3.79. The first kappa shape index (κ1) is 18.6. The molecule has 146 valence electrons. The van der Waals surface area contributed by atoms with Crippen LogP contribution in [0, 0.1) is 17.6 Å². The molecule has 2 aromatic rings. The van der Waals surface area contributed by atoms with Crippen LogP contribution in [0.3, 0.4) is 0 Å². The molecule has 1 amide bonds. The average molecular weight is 383 g/mol. The number of amides is 1. The lowest BCUT2D eigenvalue weighted by Crippen LogP contribution is -2.48. The van der Waals surface area contributed by atoms with E-state index < -0.39 is 17.7 Å². The van der Waals surface area contributed by atoms with Gasteiger partial charge in [0.25, 0.3) is 5.91 Å². The molecule has 1 saturated heterocycles. The van der Waals surface area contributed by atoms with Gasteiger partial charge in [-0.15, -0.1) is 0 Å². The highest BCUT2D eigenvalue weighted by atomic mass is 19.1. The van der Waals surface area contributed by atoms with Crippen molar-refractivity contribution in [3.63, 3.8) is 0 Å². The first-order valence-electron chi connectivity index (χ1n) is 9.68. The van der Waals surface area contributed by atoms with Crippen LogP contribution < -0.4 is 4.90 Å². The van der Waals surface area contributed by atoms with Crippen LogP contribution in [0.5, 0.6) is 0 Å². The fourth-order valence-electron chi connectivity index (χ4n) is 3.79. The molecule has 0 radical (unpaired) electrons. The molecule has 1 fully saturated rings. The molecule has 6 heteroatoms. The number of likely N-dealkylation sites (tertiary alicyclic amines) is 1. The normalized spacial score (nSPS) is 20.6. The summed E-state index contributed by atoms with van der Waals surface area (Å²) in [7, 11) is 0. The number of halogens is 2. The number of rotatable bonds is 3. The molecule has 4 rings (SSSR count). The quantitative estimate of drug-likeness (QED) is 0.803. The summed E-state index contributed by atoms with van der Waals surface area (Å²) in [5, 5.41) is 0. The summed E-state index contributed by atoms with van der Waals surface area (Å²) >= 11 is 0. The summed E-state index contributed by atoms with van der Waals surface area (Å²) in [4.78, 5) is 21.3. The Kier molecular flexibility index (Phi) is 5.11. The lowest BCUT2D eigenvalue weighted by molar-refractivity contribution is -0.118. The van der Waals surface area contributed by atoms with Crippen LogP contribution in [0.25, 0.3) is 0 Å². The van der Waals surface area contributed by atoms with Crippen molar-refractivity contribution in [2.24, 2.45) is 10.9 Å². The Balaban J connectivity index is 1.68. The molecule has 0 saturated carbocycles. The van der Waals surface area contributed by atoms with E-state index in [-0.39, 0.29) is 11.6 Å². The summed E-state index contributed by atoms with van der Waals surface area (Å²) in [6, 6.07) is 12.3. The molecule has 0 spiro atoms. The van der Waals surface area contributed by atoms with Crippen LogP contribution in [0.1, 0.15) is 25.3 Å². The summed E-state index contributed by atoms with van der Waals surface area (Å²) in [6.07, 6.45) is 2.44. The van der Waals surface area contributed by atoms with Gasteiger partial charge in [0.2, 0.25) is 5.96 Å². The van der Waals surface area contributed by atoms with E-state index in [1.807, 2.05) is 35.2 Å². The second-order valence-corrected chi connectivity index (χ2v) is 7.57. The van der Waals surface area contributed by atoms with Gasteiger partial charge in [-0.25, -0.2) is 18.7 Å². The molecule has 0 aliphatic carbocycles. The van der Waals surface area contributed by atoms with Crippen LogP contribution in [-0.4, -0.2) is 35.9 Å². The lowest BCUT2D eigenvalue weighted by Gasteiger charge is -2.34. The van der Waals surface area contributed by atoms with Gasteiger partial charge in [0.1, 0.15) is 17.7 Å². The molecule has 1 atom stereocenters. The van der Waals surface area contributed by atoms with Crippen LogP contribution in [0.4, 0.5) is 14.5 Å². The zero-order valence-corrected chi connectivity index (χ0v) is 15.8. The highest BCUT2D eigenvalue weighted by molar-refractivity contribution is 6.22. The van der Waals surface area contributed by atoms with Gasteiger partial charge in [-0.1, -0.05) is 37.3 Å². The van der Waals surface area contributed by atoms with E-state index in [2.05, 4.69) is 6.92 Å². The molecular formula is C22H23F2N3O. The van der Waals surface area contributed by atoms with E-state index in [0.717, 1.165) is 37.6 Å². The maximum absolute atomic E-state index is 14.5. The number of carbonyl (C=O) groups excluding carboxylic acids is 1. The largest absolute Gasteiger partial charge is 0.342 e. The zero-order chi connectivity index (χ0) is 19.7. The molecule has 2 heterocycles. The van der Waals surface area contributed by atoms with Gasteiger partial charge < -0.3 is 4.90 Å². The van der Waals surface area contributed by atoms with E-state index in [0.29, 0.717) is 18.3 Å². The Labute approximate surface area is 163 Å². The maximum atomic E-state index is 14.5. The SMILES string of the molecule is CC1CCN(C2=NC(Cc3ccccc3)C(=O)N2c2ccc(F)cc2F)CC1. The standard InChI is InChI=1S/C22H23F2N3O/c1-15-9-11-26(12-10-15)22-25-19(13-16-5-3-2-4-6-16)21(28)27(22)20-8-7-17(23)14-18(20)24/h2-8,14-15,19H,9-13H2,1H3. The van der Waals surface area contributed by atoms with Crippen molar-refractivity contribution >= 4 is 17.6 Å². The Bertz CT molecular complexity index is 892. The fraction of sp³-hybridized carbons (Fsp3) is 0.364. The van der Waals surface area contributed by atoms with Crippen molar-refractivity contribution < 1.29 is 13.6 Å². The number of hydrogen-bond donors (Lipinski definition) is 0. The summed E-state index contributed by atoms with van der Waals surface area (Å²) in [5.41, 5.74) is 1.05. The summed E-state index contributed by atoms with van der Waals surface area (Å²) in [6.45, 7) is 3.74. The number of hydrogen-bond acceptors (Lipinski definition) is 3. The average Bonchev–Trinajstić information content (AvgIpc) is 3.00. The van der Waals surface area contributed by atoms with Crippen LogP contribution in [0.15, 0.2) is 53.5 Å². The number of nitrogens with zero attached hydrogens (tertiary/aromatic N) is 3. The Morgan fingerprint density at radius 2 is 1.79 bits per heavy atom. The Morgan fingerprint density at radius 1 is 1.07 bits per heavy atom. The second kappa shape index (κ2) is 7.70. The third kappa shape index (κ3) is 3.63.